The molecule has 5 aliphatic rings. The Kier molecular flexibility index (Phi) is 7.54. The van der Waals surface area contributed by atoms with Crippen LogP contribution in [0.25, 0.3) is 43.1 Å². The van der Waals surface area contributed by atoms with Crippen LogP contribution in [0.15, 0.2) is 181 Å². The number of unbranched alkanes of at least 4 members (excludes halogenated alkanes) is 1. The van der Waals surface area contributed by atoms with E-state index in [4.69, 9.17) is 34.9 Å². The van der Waals surface area contributed by atoms with Crippen molar-refractivity contribution in [3.63, 3.8) is 0 Å². The molecule has 0 amide bonds. The molecule has 0 saturated carbocycles. The molecule has 1 unspecified atom stereocenters. The second-order valence-corrected chi connectivity index (χ2v) is 17.0. The zero-order valence-electron chi connectivity index (χ0n) is 33.0. The number of hydrogen-bond acceptors (Lipinski definition) is 9. The van der Waals surface area contributed by atoms with Crippen LogP contribution in [0.4, 0.5) is 0 Å². The van der Waals surface area contributed by atoms with Gasteiger partial charge in [-0.2, -0.15) is 0 Å². The number of rotatable bonds is 4. The first kappa shape index (κ1) is 34.5. The van der Waals surface area contributed by atoms with E-state index >= 15 is 0 Å². The van der Waals surface area contributed by atoms with Gasteiger partial charge in [-0.05, 0) is 110 Å². The lowest BCUT2D eigenvalue weighted by Gasteiger charge is -2.24. The molecule has 0 fully saturated rings. The highest BCUT2D eigenvalue weighted by atomic mass is 32.2. The van der Waals surface area contributed by atoms with Gasteiger partial charge >= 0.3 is 0 Å². The summed E-state index contributed by atoms with van der Waals surface area (Å²) in [6.45, 7) is 2.23. The van der Waals surface area contributed by atoms with Gasteiger partial charge in [0, 0.05) is 50.3 Å². The summed E-state index contributed by atoms with van der Waals surface area (Å²) >= 11 is 1.74. The fourth-order valence-corrected chi connectivity index (χ4v) is 10.2. The molecule has 8 nitrogen and oxygen atoms in total. The highest BCUT2D eigenvalue weighted by Crippen LogP contribution is 2.40. The van der Waals surface area contributed by atoms with Crippen molar-refractivity contribution in [2.24, 2.45) is 34.9 Å². The first-order valence-electron chi connectivity index (χ1n) is 20.8. The summed E-state index contributed by atoms with van der Waals surface area (Å²) in [6.07, 6.45) is 1.52. The number of fused-ring (bicyclic) bond motifs is 20. The molecule has 9 heteroatoms. The average molecular weight is 803 g/mol. The quantitative estimate of drug-likeness (QED) is 0.131. The Morgan fingerprint density at radius 3 is 1.21 bits per heavy atom. The molecule has 1 atom stereocenters. The lowest BCUT2D eigenvalue weighted by molar-refractivity contribution is 0.797. The van der Waals surface area contributed by atoms with E-state index in [0.29, 0.717) is 29.2 Å². The Hall–Kier alpha value is -7.36. The summed E-state index contributed by atoms with van der Waals surface area (Å²) in [5.74, 6) is 5.43. The van der Waals surface area contributed by atoms with E-state index in [9.17, 15) is 0 Å². The monoisotopic (exact) mass is 802 g/mol. The zero-order valence-corrected chi connectivity index (χ0v) is 33.9. The molecule has 5 aliphatic heterocycles. The van der Waals surface area contributed by atoms with E-state index in [2.05, 4.69) is 157 Å². The second kappa shape index (κ2) is 13.3. The van der Waals surface area contributed by atoms with Crippen LogP contribution in [-0.2, 0) is 0 Å². The molecule has 61 heavy (non-hydrogen) atoms. The van der Waals surface area contributed by atoms with Gasteiger partial charge in [-0.15, -0.1) is 0 Å². The van der Waals surface area contributed by atoms with Crippen LogP contribution >= 0.6 is 11.9 Å². The number of aliphatic imine (C=N–C) groups is 7. The average Bonchev–Trinajstić information content (AvgIpc) is 4.02. The van der Waals surface area contributed by atoms with E-state index in [1.54, 1.807) is 11.9 Å². The van der Waals surface area contributed by atoms with Gasteiger partial charge in [0.1, 0.15) is 0 Å². The molecule has 0 saturated heterocycles. The topological polar surface area (TPSA) is 89.8 Å². The fraction of sp³-hybridized carbons (Fsp3) is 0.0962. The molecule has 288 valence electrons. The summed E-state index contributed by atoms with van der Waals surface area (Å²) in [4.78, 5) is 37.8. The van der Waals surface area contributed by atoms with Crippen molar-refractivity contribution in [2.45, 2.75) is 25.9 Å². The lowest BCUT2D eigenvalue weighted by atomic mass is 9.99. The molecule has 8 bridgehead atoms. The third-order valence-corrected chi connectivity index (χ3v) is 13.3. The van der Waals surface area contributed by atoms with Crippen molar-refractivity contribution in [1.29, 1.82) is 0 Å². The minimum atomic E-state index is -0.581. The van der Waals surface area contributed by atoms with Crippen molar-refractivity contribution < 1.29 is 0 Å². The smallest absolute Gasteiger partial charge is 0.170 e. The summed E-state index contributed by atoms with van der Waals surface area (Å²) in [5.41, 5.74) is 7.66. The third-order valence-electron chi connectivity index (χ3n) is 12.2. The maximum Gasteiger partial charge on any atom is 0.170 e. The van der Waals surface area contributed by atoms with Crippen LogP contribution in [0.2, 0.25) is 0 Å². The highest BCUT2D eigenvalue weighted by Gasteiger charge is 2.37. The first-order chi connectivity index (χ1) is 30.1. The third kappa shape index (κ3) is 5.43. The normalized spacial score (nSPS) is 17.0. The van der Waals surface area contributed by atoms with Crippen LogP contribution in [0, 0.1) is 0 Å². The summed E-state index contributed by atoms with van der Waals surface area (Å²) < 4.78 is 2.24. The summed E-state index contributed by atoms with van der Waals surface area (Å²) in [6, 6.07) is 51.5. The second-order valence-electron chi connectivity index (χ2n) is 16.0. The van der Waals surface area contributed by atoms with E-state index < -0.39 is 6.17 Å². The Morgan fingerprint density at radius 1 is 0.410 bits per heavy atom. The van der Waals surface area contributed by atoms with Gasteiger partial charge in [0.2, 0.25) is 0 Å². The number of nitrogens with zero attached hydrogens (tertiary/aromatic N) is 8. The van der Waals surface area contributed by atoms with Crippen LogP contribution in [0.5, 0.6) is 0 Å². The standard InChI is InChI=1S/C52H34N8S/c1-2-3-20-61-60-51-43-27-35-18-10-8-16-33(35)25-41(43)49(58-51)56-47-39-23-31-14-6-4-12-29(31)21-37(39)45(54-47)53-46-38-22-30-13-5-7-15-32(30)24-40(38)48(55-46)57-50-42-26-34-17-9-11-19-36(34)28-44(42)52(60)59-50/h4-19,21-28,45H,2-3,20H2,1H3. The molecule has 0 aliphatic carbocycles. The molecule has 8 aromatic rings. The SMILES string of the molecule is CCCCSN1C2=NC(=NC3=NC(=NC4N=C(N=C5N=C1c1cc6ccccc6cc15)c1cc5ccccc5cc14)c1cc4ccccc4cc13)c1cc3ccccc3cc12. The predicted molar refractivity (Wildman–Crippen MR) is 253 cm³/mol. The Bertz CT molecular complexity index is 3520. The first-order valence-corrected chi connectivity index (χ1v) is 21.7. The van der Waals surface area contributed by atoms with Crippen molar-refractivity contribution in [3.8, 4) is 0 Å². The summed E-state index contributed by atoms with van der Waals surface area (Å²) in [7, 11) is 0. The van der Waals surface area contributed by atoms with E-state index in [0.717, 1.165) is 118 Å². The Labute approximate surface area is 355 Å². The minimum absolute atomic E-state index is 0.576. The number of hydrogen-bond donors (Lipinski definition) is 0. The molecule has 0 radical (unpaired) electrons. The Balaban J connectivity index is 1.13. The van der Waals surface area contributed by atoms with Gasteiger partial charge in [-0.3, -0.25) is 4.31 Å². The van der Waals surface area contributed by atoms with Crippen LogP contribution in [0.3, 0.4) is 0 Å². The van der Waals surface area contributed by atoms with Crippen molar-refractivity contribution in [2.75, 3.05) is 5.75 Å². The van der Waals surface area contributed by atoms with Gasteiger partial charge < -0.3 is 0 Å². The molecular weight excluding hydrogens is 769 g/mol. The molecule has 5 heterocycles. The lowest BCUT2D eigenvalue weighted by Crippen LogP contribution is -2.31. The van der Waals surface area contributed by atoms with Gasteiger partial charge in [0.25, 0.3) is 0 Å². The maximum atomic E-state index is 5.49. The molecule has 0 N–H and O–H groups in total. The van der Waals surface area contributed by atoms with Crippen LogP contribution in [0.1, 0.15) is 70.4 Å². The molecular formula is C52H34N8S. The largest absolute Gasteiger partial charge is 0.250 e. The van der Waals surface area contributed by atoms with Gasteiger partial charge in [0.15, 0.2) is 47.0 Å². The highest BCUT2D eigenvalue weighted by molar-refractivity contribution is 7.98. The Morgan fingerprint density at radius 2 is 0.754 bits per heavy atom. The fourth-order valence-electron chi connectivity index (χ4n) is 9.10. The minimum Gasteiger partial charge on any atom is -0.250 e. The van der Waals surface area contributed by atoms with E-state index in [-0.39, 0.29) is 0 Å². The molecule has 0 aromatic heterocycles. The summed E-state index contributed by atoms with van der Waals surface area (Å²) in [5, 5.41) is 8.95. The van der Waals surface area contributed by atoms with Gasteiger partial charge in [-0.25, -0.2) is 34.9 Å². The van der Waals surface area contributed by atoms with Crippen molar-refractivity contribution in [1.82, 2.24) is 4.31 Å². The molecule has 13 rings (SSSR count). The van der Waals surface area contributed by atoms with Gasteiger partial charge in [-0.1, -0.05) is 110 Å². The van der Waals surface area contributed by atoms with E-state index in [1.165, 1.54) is 0 Å². The predicted octanol–water partition coefficient (Wildman–Crippen LogP) is 11.4. The van der Waals surface area contributed by atoms with Crippen molar-refractivity contribution in [3.05, 3.63) is 190 Å². The van der Waals surface area contributed by atoms with Gasteiger partial charge in [0.05, 0.1) is 0 Å². The number of benzene rings is 8. The maximum absolute atomic E-state index is 5.49. The molecule has 0 spiro atoms. The van der Waals surface area contributed by atoms with Crippen LogP contribution in [-0.4, -0.2) is 50.9 Å². The molecule has 8 aromatic carbocycles. The van der Waals surface area contributed by atoms with E-state index in [1.807, 2.05) is 0 Å². The van der Waals surface area contributed by atoms with Crippen molar-refractivity contribution >= 4 is 95.9 Å². The number of amidine groups is 7. The van der Waals surface area contributed by atoms with Crippen LogP contribution < -0.4 is 0 Å². The zero-order chi connectivity index (χ0) is 40.2.